The standard InChI is InChI=1S/C9H19NO.C2H6/c1-4-9(5-8(2)3)6-11-7-10;1-2/h7-10H,4-6H2,1-3H3;1-2H3. The van der Waals surface area contributed by atoms with Gasteiger partial charge in [0.25, 0.3) is 0 Å². The van der Waals surface area contributed by atoms with Crippen molar-refractivity contribution in [2.24, 2.45) is 11.8 Å². The molecule has 0 aliphatic carbocycles. The molecule has 1 atom stereocenters. The van der Waals surface area contributed by atoms with Gasteiger partial charge in [0.2, 0.25) is 0 Å². The maximum Gasteiger partial charge on any atom is 0.166 e. The molecule has 0 radical (unpaired) electrons. The van der Waals surface area contributed by atoms with E-state index in [1.165, 1.54) is 6.42 Å². The van der Waals surface area contributed by atoms with Gasteiger partial charge >= 0.3 is 0 Å². The lowest BCUT2D eigenvalue weighted by molar-refractivity contribution is 0.219. The van der Waals surface area contributed by atoms with E-state index < -0.39 is 0 Å². The van der Waals surface area contributed by atoms with Crippen LogP contribution in [0.4, 0.5) is 0 Å². The lowest BCUT2D eigenvalue weighted by atomic mass is 9.96. The molecule has 0 aromatic rings. The molecule has 13 heavy (non-hydrogen) atoms. The molecule has 0 saturated heterocycles. The van der Waals surface area contributed by atoms with Gasteiger partial charge in [0.1, 0.15) is 0 Å². The zero-order valence-electron chi connectivity index (χ0n) is 9.76. The molecular weight excluding hydrogens is 162 g/mol. The van der Waals surface area contributed by atoms with Crippen LogP contribution >= 0.6 is 0 Å². The van der Waals surface area contributed by atoms with Crippen LogP contribution in [0.25, 0.3) is 0 Å². The Kier molecular flexibility index (Phi) is 13.2. The van der Waals surface area contributed by atoms with Gasteiger partial charge in [-0.2, -0.15) is 0 Å². The smallest absolute Gasteiger partial charge is 0.166 e. The summed E-state index contributed by atoms with van der Waals surface area (Å²) in [5, 5.41) is 6.71. The number of ether oxygens (including phenoxy) is 1. The normalized spacial score (nSPS) is 11.5. The van der Waals surface area contributed by atoms with Gasteiger partial charge in [-0.1, -0.05) is 41.0 Å². The van der Waals surface area contributed by atoms with Crippen molar-refractivity contribution in [3.05, 3.63) is 0 Å². The fourth-order valence-corrected chi connectivity index (χ4v) is 1.20. The van der Waals surface area contributed by atoms with Crippen LogP contribution in [0.15, 0.2) is 0 Å². The van der Waals surface area contributed by atoms with E-state index >= 15 is 0 Å². The monoisotopic (exact) mass is 187 g/mol. The second kappa shape index (κ2) is 11.5. The zero-order chi connectivity index (χ0) is 10.7. The van der Waals surface area contributed by atoms with E-state index in [1.54, 1.807) is 0 Å². The summed E-state index contributed by atoms with van der Waals surface area (Å²) in [6, 6.07) is 0. The molecule has 0 fully saturated rings. The van der Waals surface area contributed by atoms with Gasteiger partial charge in [0.05, 0.1) is 6.61 Å². The lowest BCUT2D eigenvalue weighted by Gasteiger charge is -2.15. The molecule has 0 heterocycles. The molecule has 2 heteroatoms. The zero-order valence-corrected chi connectivity index (χ0v) is 9.76. The first-order chi connectivity index (χ1) is 6.20. The van der Waals surface area contributed by atoms with Crippen molar-refractivity contribution in [3.8, 4) is 0 Å². The van der Waals surface area contributed by atoms with Gasteiger partial charge in [0, 0.05) is 0 Å². The van der Waals surface area contributed by atoms with E-state index in [2.05, 4.69) is 20.8 Å². The van der Waals surface area contributed by atoms with E-state index in [0.717, 1.165) is 18.7 Å². The van der Waals surface area contributed by atoms with E-state index in [9.17, 15) is 0 Å². The lowest BCUT2D eigenvalue weighted by Crippen LogP contribution is -2.10. The average Bonchev–Trinajstić information content (AvgIpc) is 2.15. The highest BCUT2D eigenvalue weighted by Crippen LogP contribution is 2.14. The van der Waals surface area contributed by atoms with Gasteiger partial charge in [0.15, 0.2) is 6.40 Å². The highest BCUT2D eigenvalue weighted by molar-refractivity contribution is 5.40. The predicted octanol–water partition coefficient (Wildman–Crippen LogP) is 3.71. The van der Waals surface area contributed by atoms with Crippen LogP contribution in [0, 0.1) is 17.2 Å². The Morgan fingerprint density at radius 2 is 1.85 bits per heavy atom. The number of nitrogens with one attached hydrogen (secondary N) is 1. The summed E-state index contributed by atoms with van der Waals surface area (Å²) in [4.78, 5) is 0. The molecule has 0 aliphatic heterocycles. The number of hydrogen-bond donors (Lipinski definition) is 1. The summed E-state index contributed by atoms with van der Waals surface area (Å²) < 4.78 is 4.93. The van der Waals surface area contributed by atoms with Gasteiger partial charge in [-0.3, -0.25) is 5.41 Å². The number of hydrogen-bond acceptors (Lipinski definition) is 2. The van der Waals surface area contributed by atoms with Crippen molar-refractivity contribution in [2.75, 3.05) is 6.61 Å². The minimum Gasteiger partial charge on any atom is -0.483 e. The first-order valence-electron chi connectivity index (χ1n) is 5.31. The summed E-state index contributed by atoms with van der Waals surface area (Å²) in [5.74, 6) is 1.35. The van der Waals surface area contributed by atoms with Crippen LogP contribution in [-0.4, -0.2) is 13.0 Å². The van der Waals surface area contributed by atoms with Crippen molar-refractivity contribution < 1.29 is 4.74 Å². The minimum atomic E-state index is 0.622. The molecule has 80 valence electrons. The van der Waals surface area contributed by atoms with Crippen LogP contribution in [0.3, 0.4) is 0 Å². The molecule has 0 aliphatic rings. The van der Waals surface area contributed by atoms with Crippen molar-refractivity contribution in [2.45, 2.75) is 47.5 Å². The molecular formula is C11H25NO. The molecule has 2 nitrogen and oxygen atoms in total. The quantitative estimate of drug-likeness (QED) is 0.499. The van der Waals surface area contributed by atoms with Crippen LogP contribution in [0.5, 0.6) is 0 Å². The Balaban J connectivity index is 0. The maximum absolute atomic E-state index is 6.71. The molecule has 1 N–H and O–H groups in total. The van der Waals surface area contributed by atoms with E-state index in [4.69, 9.17) is 10.1 Å². The van der Waals surface area contributed by atoms with Crippen molar-refractivity contribution in [1.82, 2.24) is 0 Å². The molecule has 0 spiro atoms. The van der Waals surface area contributed by atoms with E-state index in [-0.39, 0.29) is 0 Å². The van der Waals surface area contributed by atoms with Gasteiger partial charge in [-0.15, -0.1) is 0 Å². The van der Waals surface area contributed by atoms with Crippen LogP contribution in [0.1, 0.15) is 47.5 Å². The third-order valence-electron chi connectivity index (χ3n) is 1.80. The SMILES string of the molecule is CC.CCC(COC=N)CC(C)C. The Labute approximate surface area is 83.2 Å². The number of rotatable bonds is 6. The van der Waals surface area contributed by atoms with Gasteiger partial charge < -0.3 is 4.74 Å². The molecule has 0 aromatic heterocycles. The van der Waals surface area contributed by atoms with E-state index in [1.807, 2.05) is 13.8 Å². The first-order valence-corrected chi connectivity index (χ1v) is 5.31. The summed E-state index contributed by atoms with van der Waals surface area (Å²) in [6.45, 7) is 11.3. The summed E-state index contributed by atoms with van der Waals surface area (Å²) in [7, 11) is 0. The predicted molar refractivity (Wildman–Crippen MR) is 59.3 cm³/mol. The molecule has 1 unspecified atom stereocenters. The fraction of sp³-hybridized carbons (Fsp3) is 0.909. The molecule has 0 rings (SSSR count). The molecule has 0 aromatic carbocycles. The summed E-state index contributed by atoms with van der Waals surface area (Å²) >= 11 is 0. The average molecular weight is 187 g/mol. The van der Waals surface area contributed by atoms with Crippen LogP contribution in [0.2, 0.25) is 0 Å². The van der Waals surface area contributed by atoms with Crippen LogP contribution in [-0.2, 0) is 4.74 Å². The van der Waals surface area contributed by atoms with E-state index in [0.29, 0.717) is 12.5 Å². The Morgan fingerprint density at radius 3 is 2.15 bits per heavy atom. The molecule has 0 saturated carbocycles. The second-order valence-corrected chi connectivity index (χ2v) is 3.36. The minimum absolute atomic E-state index is 0.622. The summed E-state index contributed by atoms with van der Waals surface area (Å²) in [6.07, 6.45) is 3.37. The Morgan fingerprint density at radius 1 is 1.31 bits per heavy atom. The first kappa shape index (κ1) is 15.0. The van der Waals surface area contributed by atoms with Crippen LogP contribution < -0.4 is 0 Å². The third-order valence-corrected chi connectivity index (χ3v) is 1.80. The molecule has 0 amide bonds. The summed E-state index contributed by atoms with van der Waals surface area (Å²) in [5.41, 5.74) is 0. The van der Waals surface area contributed by atoms with Crippen molar-refractivity contribution in [3.63, 3.8) is 0 Å². The van der Waals surface area contributed by atoms with Gasteiger partial charge in [-0.05, 0) is 18.3 Å². The Bertz CT molecular complexity index is 102. The molecule has 0 bridgehead atoms. The van der Waals surface area contributed by atoms with Gasteiger partial charge in [-0.25, -0.2) is 0 Å². The Hall–Kier alpha value is -0.530. The highest BCUT2D eigenvalue weighted by atomic mass is 16.5. The van der Waals surface area contributed by atoms with Crippen molar-refractivity contribution in [1.29, 1.82) is 5.41 Å². The topological polar surface area (TPSA) is 33.1 Å². The van der Waals surface area contributed by atoms with Crippen molar-refractivity contribution >= 4 is 6.40 Å². The second-order valence-electron chi connectivity index (χ2n) is 3.36. The largest absolute Gasteiger partial charge is 0.483 e. The highest BCUT2D eigenvalue weighted by Gasteiger charge is 2.07. The fourth-order valence-electron chi connectivity index (χ4n) is 1.20. The third kappa shape index (κ3) is 11.5. The maximum atomic E-state index is 6.71.